The lowest BCUT2D eigenvalue weighted by molar-refractivity contribution is 0.0945. The van der Waals surface area contributed by atoms with Crippen LogP contribution in [0.5, 0.6) is 5.75 Å². The SMILES string of the molecule is COc1cccc(Cl)c1CNC(=O)c1ncccc1Br. The summed E-state index contributed by atoms with van der Waals surface area (Å²) in [5.74, 6) is 0.359. The highest BCUT2D eigenvalue weighted by atomic mass is 79.9. The molecule has 1 amide bonds. The maximum atomic E-state index is 12.1. The molecule has 0 aliphatic rings. The van der Waals surface area contributed by atoms with Gasteiger partial charge in [0.25, 0.3) is 5.91 Å². The Morgan fingerprint density at radius 1 is 1.40 bits per heavy atom. The minimum Gasteiger partial charge on any atom is -0.496 e. The summed E-state index contributed by atoms with van der Waals surface area (Å²) >= 11 is 9.40. The summed E-state index contributed by atoms with van der Waals surface area (Å²) in [6, 6.07) is 8.85. The predicted octanol–water partition coefficient (Wildman–Crippen LogP) is 3.44. The molecular formula is C14H12BrClN2O2. The Hall–Kier alpha value is -1.59. The molecule has 0 atom stereocenters. The van der Waals surface area contributed by atoms with E-state index in [-0.39, 0.29) is 12.5 Å². The quantitative estimate of drug-likeness (QED) is 0.914. The number of methoxy groups -OCH3 is 1. The normalized spacial score (nSPS) is 10.2. The number of pyridine rings is 1. The molecule has 6 heteroatoms. The van der Waals surface area contributed by atoms with Crippen LogP contribution in [0.25, 0.3) is 0 Å². The number of hydrogen-bond acceptors (Lipinski definition) is 3. The summed E-state index contributed by atoms with van der Waals surface area (Å²) in [4.78, 5) is 16.1. The molecule has 2 aromatic rings. The standard InChI is InChI=1S/C14H12BrClN2O2/c1-20-12-6-2-5-11(16)9(12)8-18-14(19)13-10(15)4-3-7-17-13/h2-7H,8H2,1H3,(H,18,19). The van der Waals surface area contributed by atoms with E-state index in [0.717, 1.165) is 5.56 Å². The first-order valence-corrected chi connectivity index (χ1v) is 7.00. The average Bonchev–Trinajstić information content (AvgIpc) is 2.46. The van der Waals surface area contributed by atoms with Crippen molar-refractivity contribution in [2.45, 2.75) is 6.54 Å². The molecule has 20 heavy (non-hydrogen) atoms. The molecule has 2 rings (SSSR count). The first-order valence-electron chi connectivity index (χ1n) is 5.83. The Morgan fingerprint density at radius 2 is 2.20 bits per heavy atom. The van der Waals surface area contributed by atoms with E-state index < -0.39 is 0 Å². The van der Waals surface area contributed by atoms with E-state index in [1.807, 2.05) is 0 Å². The first-order chi connectivity index (χ1) is 9.63. The Labute approximate surface area is 130 Å². The van der Waals surface area contributed by atoms with E-state index in [1.165, 1.54) is 0 Å². The summed E-state index contributed by atoms with van der Waals surface area (Å²) in [6.07, 6.45) is 1.57. The molecule has 0 bridgehead atoms. The van der Waals surface area contributed by atoms with Crippen LogP contribution < -0.4 is 10.1 Å². The molecule has 1 heterocycles. The van der Waals surface area contributed by atoms with Crippen molar-refractivity contribution in [3.8, 4) is 5.75 Å². The highest BCUT2D eigenvalue weighted by Crippen LogP contribution is 2.26. The number of nitrogens with one attached hydrogen (secondary N) is 1. The van der Waals surface area contributed by atoms with E-state index in [1.54, 1.807) is 43.6 Å². The van der Waals surface area contributed by atoms with Crippen LogP contribution >= 0.6 is 27.5 Å². The van der Waals surface area contributed by atoms with E-state index >= 15 is 0 Å². The lowest BCUT2D eigenvalue weighted by Crippen LogP contribution is -2.24. The van der Waals surface area contributed by atoms with Crippen molar-refractivity contribution in [1.82, 2.24) is 10.3 Å². The maximum absolute atomic E-state index is 12.1. The number of rotatable bonds is 4. The van der Waals surface area contributed by atoms with Crippen molar-refractivity contribution in [2.24, 2.45) is 0 Å². The first kappa shape index (κ1) is 14.8. The summed E-state index contributed by atoms with van der Waals surface area (Å²) in [6.45, 7) is 0.269. The van der Waals surface area contributed by atoms with Gasteiger partial charge in [-0.1, -0.05) is 17.7 Å². The van der Waals surface area contributed by atoms with Crippen LogP contribution in [0.4, 0.5) is 0 Å². The van der Waals surface area contributed by atoms with Gasteiger partial charge in [-0.3, -0.25) is 4.79 Å². The predicted molar refractivity (Wildman–Crippen MR) is 81.1 cm³/mol. The zero-order valence-corrected chi connectivity index (χ0v) is 13.0. The van der Waals surface area contributed by atoms with Crippen LogP contribution in [0.2, 0.25) is 5.02 Å². The molecule has 0 saturated carbocycles. The molecule has 4 nitrogen and oxygen atoms in total. The summed E-state index contributed by atoms with van der Waals surface area (Å²) in [5.41, 5.74) is 1.07. The number of carbonyl (C=O) groups excluding carboxylic acids is 1. The van der Waals surface area contributed by atoms with Gasteiger partial charge in [-0.15, -0.1) is 0 Å². The molecule has 0 fully saturated rings. The van der Waals surface area contributed by atoms with Crippen molar-refractivity contribution in [3.63, 3.8) is 0 Å². The van der Waals surface area contributed by atoms with Crippen molar-refractivity contribution in [1.29, 1.82) is 0 Å². The molecule has 0 radical (unpaired) electrons. The smallest absolute Gasteiger partial charge is 0.271 e. The van der Waals surface area contributed by atoms with Gasteiger partial charge in [-0.25, -0.2) is 4.98 Å². The third-order valence-electron chi connectivity index (χ3n) is 2.70. The van der Waals surface area contributed by atoms with E-state index in [4.69, 9.17) is 16.3 Å². The number of hydrogen-bond donors (Lipinski definition) is 1. The fourth-order valence-corrected chi connectivity index (χ4v) is 2.37. The largest absolute Gasteiger partial charge is 0.496 e. The maximum Gasteiger partial charge on any atom is 0.271 e. The second-order valence-corrected chi connectivity index (χ2v) is 5.20. The third-order valence-corrected chi connectivity index (χ3v) is 3.69. The molecule has 1 N–H and O–H groups in total. The molecule has 0 saturated heterocycles. The second-order valence-electron chi connectivity index (χ2n) is 3.94. The van der Waals surface area contributed by atoms with E-state index in [9.17, 15) is 4.79 Å². The molecule has 104 valence electrons. The molecule has 0 aliphatic heterocycles. The Kier molecular flexibility index (Phi) is 4.98. The zero-order chi connectivity index (χ0) is 14.5. The fraction of sp³-hybridized carbons (Fsp3) is 0.143. The van der Waals surface area contributed by atoms with E-state index in [2.05, 4.69) is 26.2 Å². The molecule has 1 aromatic carbocycles. The highest BCUT2D eigenvalue weighted by molar-refractivity contribution is 9.10. The van der Waals surface area contributed by atoms with Crippen LogP contribution in [0.1, 0.15) is 16.1 Å². The van der Waals surface area contributed by atoms with Crippen molar-refractivity contribution in [2.75, 3.05) is 7.11 Å². The van der Waals surface area contributed by atoms with Crippen LogP contribution in [0.3, 0.4) is 0 Å². The van der Waals surface area contributed by atoms with Gasteiger partial charge >= 0.3 is 0 Å². The summed E-state index contributed by atoms with van der Waals surface area (Å²) in [5, 5.41) is 3.32. The molecule has 0 spiro atoms. The van der Waals surface area contributed by atoms with Gasteiger partial charge in [0, 0.05) is 27.8 Å². The zero-order valence-electron chi connectivity index (χ0n) is 10.7. The number of ether oxygens (including phenoxy) is 1. The molecular weight excluding hydrogens is 344 g/mol. The molecule has 0 unspecified atom stereocenters. The number of halogens is 2. The topological polar surface area (TPSA) is 51.2 Å². The van der Waals surface area contributed by atoms with E-state index in [0.29, 0.717) is 20.9 Å². The minimum atomic E-state index is -0.278. The van der Waals surface area contributed by atoms with Gasteiger partial charge in [-0.2, -0.15) is 0 Å². The van der Waals surface area contributed by atoms with Gasteiger partial charge in [0.05, 0.1) is 7.11 Å². The van der Waals surface area contributed by atoms with Gasteiger partial charge < -0.3 is 10.1 Å². The monoisotopic (exact) mass is 354 g/mol. The average molecular weight is 356 g/mol. The van der Waals surface area contributed by atoms with Crippen LogP contribution in [0, 0.1) is 0 Å². The number of amides is 1. The van der Waals surface area contributed by atoms with Crippen molar-refractivity contribution in [3.05, 3.63) is 57.3 Å². The minimum absolute atomic E-state index is 0.269. The Morgan fingerprint density at radius 3 is 2.90 bits per heavy atom. The number of carbonyl (C=O) groups is 1. The van der Waals surface area contributed by atoms with Crippen molar-refractivity contribution >= 4 is 33.4 Å². The lowest BCUT2D eigenvalue weighted by atomic mass is 10.2. The van der Waals surface area contributed by atoms with Gasteiger partial charge in [0.1, 0.15) is 11.4 Å². The Bertz CT molecular complexity index is 634. The van der Waals surface area contributed by atoms with Crippen LogP contribution in [0.15, 0.2) is 41.0 Å². The highest BCUT2D eigenvalue weighted by Gasteiger charge is 2.13. The van der Waals surface area contributed by atoms with Gasteiger partial charge in [0.15, 0.2) is 0 Å². The second kappa shape index (κ2) is 6.72. The van der Waals surface area contributed by atoms with Crippen LogP contribution in [-0.4, -0.2) is 18.0 Å². The number of benzene rings is 1. The molecule has 0 aliphatic carbocycles. The van der Waals surface area contributed by atoms with Crippen LogP contribution in [-0.2, 0) is 6.54 Å². The van der Waals surface area contributed by atoms with Gasteiger partial charge in [-0.05, 0) is 40.2 Å². The number of aromatic nitrogens is 1. The number of nitrogens with zero attached hydrogens (tertiary/aromatic N) is 1. The fourth-order valence-electron chi connectivity index (χ4n) is 1.71. The summed E-state index contributed by atoms with van der Waals surface area (Å²) < 4.78 is 5.87. The van der Waals surface area contributed by atoms with Crippen molar-refractivity contribution < 1.29 is 9.53 Å². The third kappa shape index (κ3) is 3.29. The molecule has 1 aromatic heterocycles. The lowest BCUT2D eigenvalue weighted by Gasteiger charge is -2.11. The Balaban J connectivity index is 2.14. The van der Waals surface area contributed by atoms with Gasteiger partial charge in [0.2, 0.25) is 0 Å². The summed E-state index contributed by atoms with van der Waals surface area (Å²) in [7, 11) is 1.56.